The van der Waals surface area contributed by atoms with E-state index in [4.69, 9.17) is 0 Å². The monoisotopic (exact) mass is 375 g/mol. The highest BCUT2D eigenvalue weighted by Crippen LogP contribution is 2.29. The third kappa shape index (κ3) is 4.54. The molecular weight excluding hydrogens is 346 g/mol. The fourth-order valence-electron chi connectivity index (χ4n) is 3.64. The predicted molar refractivity (Wildman–Crippen MR) is 108 cm³/mol. The fraction of sp³-hybridized carbons (Fsp3) is 0.550. The first-order valence-corrected chi connectivity index (χ1v) is 11.0. The Morgan fingerprint density at radius 1 is 1.04 bits per heavy atom. The van der Waals surface area contributed by atoms with Crippen molar-refractivity contribution in [2.24, 2.45) is 4.99 Å². The van der Waals surface area contributed by atoms with Crippen molar-refractivity contribution < 1.29 is 8.42 Å². The molecule has 5 nitrogen and oxygen atoms in total. The predicted octanol–water partition coefficient (Wildman–Crippen LogP) is 3.32. The van der Waals surface area contributed by atoms with E-state index in [1.54, 1.807) is 0 Å². The first kappa shape index (κ1) is 19.1. The van der Waals surface area contributed by atoms with Crippen LogP contribution in [-0.4, -0.2) is 45.3 Å². The van der Waals surface area contributed by atoms with Crippen LogP contribution < -0.4 is 4.72 Å². The Labute approximate surface area is 157 Å². The lowest BCUT2D eigenvalue weighted by atomic mass is 10.1. The third-order valence-corrected chi connectivity index (χ3v) is 6.65. The maximum atomic E-state index is 12.5. The Kier molecular flexibility index (Phi) is 6.14. The lowest BCUT2D eigenvalue weighted by Gasteiger charge is -2.18. The summed E-state index contributed by atoms with van der Waals surface area (Å²) in [5, 5.41) is 0. The molecule has 1 aromatic rings. The topological polar surface area (TPSA) is 61.8 Å². The van der Waals surface area contributed by atoms with Gasteiger partial charge in [0.15, 0.2) is 0 Å². The maximum absolute atomic E-state index is 12.5. The number of amidine groups is 1. The number of likely N-dealkylation sites (tertiary alicyclic amines) is 1. The molecule has 0 atom stereocenters. The number of aliphatic imine (C=N–C) groups is 1. The van der Waals surface area contributed by atoms with E-state index >= 15 is 0 Å². The van der Waals surface area contributed by atoms with Gasteiger partial charge in [0.2, 0.25) is 0 Å². The smallest absolute Gasteiger partial charge is 0.264 e. The second-order valence-electron chi connectivity index (χ2n) is 7.27. The molecule has 26 heavy (non-hydrogen) atoms. The van der Waals surface area contributed by atoms with Gasteiger partial charge in [0.1, 0.15) is 10.7 Å². The van der Waals surface area contributed by atoms with E-state index in [2.05, 4.69) is 14.6 Å². The molecule has 0 spiro atoms. The molecule has 1 aromatic carbocycles. The van der Waals surface area contributed by atoms with Crippen molar-refractivity contribution in [2.45, 2.75) is 46.0 Å². The number of sulfonamides is 1. The zero-order valence-electron chi connectivity index (χ0n) is 15.8. The van der Waals surface area contributed by atoms with Crippen molar-refractivity contribution in [1.82, 2.24) is 9.62 Å². The quantitative estimate of drug-likeness (QED) is 0.803. The van der Waals surface area contributed by atoms with Gasteiger partial charge in [0.25, 0.3) is 10.0 Å². The minimum atomic E-state index is -3.53. The molecular formula is C20H29N3O2S. The number of hydrogen-bond donors (Lipinski definition) is 1. The van der Waals surface area contributed by atoms with E-state index < -0.39 is 10.0 Å². The van der Waals surface area contributed by atoms with Crippen LogP contribution >= 0.6 is 0 Å². The molecule has 142 valence electrons. The van der Waals surface area contributed by atoms with E-state index in [9.17, 15) is 8.42 Å². The molecule has 6 heteroatoms. The lowest BCUT2D eigenvalue weighted by molar-refractivity contribution is 0.283. The summed E-state index contributed by atoms with van der Waals surface area (Å²) in [5.74, 6) is 0.497. The maximum Gasteiger partial charge on any atom is 0.264 e. The average Bonchev–Trinajstić information content (AvgIpc) is 2.77. The van der Waals surface area contributed by atoms with Crippen molar-refractivity contribution in [3.05, 3.63) is 41.0 Å². The van der Waals surface area contributed by atoms with Crippen LogP contribution in [0.3, 0.4) is 0 Å². The standard InChI is InChI=1S/C20H29N3O2S/c1-16-8-10-18(11-9-16)19-17(2)20(22-26(19,24)25)21-12-7-15-23-13-5-3-4-6-14-23/h8-11H,3-7,12-15H2,1-2H3,(H,21,22). The molecule has 1 N–H and O–H groups in total. The Balaban J connectivity index is 1.66. The number of rotatable bonds is 5. The Bertz CT molecular complexity index is 787. The van der Waals surface area contributed by atoms with Crippen molar-refractivity contribution in [3.63, 3.8) is 0 Å². The van der Waals surface area contributed by atoms with Crippen LogP contribution in [0, 0.1) is 6.92 Å². The molecule has 0 unspecified atom stereocenters. The molecule has 0 saturated carbocycles. The zero-order chi connectivity index (χ0) is 18.6. The van der Waals surface area contributed by atoms with Gasteiger partial charge in [-0.2, -0.15) is 0 Å². The summed E-state index contributed by atoms with van der Waals surface area (Å²) in [4.78, 5) is 7.40. The van der Waals surface area contributed by atoms with E-state index in [1.807, 2.05) is 38.1 Å². The lowest BCUT2D eigenvalue weighted by Crippen LogP contribution is -2.27. The zero-order valence-corrected chi connectivity index (χ0v) is 16.6. The Morgan fingerprint density at radius 3 is 2.35 bits per heavy atom. The number of nitrogens with one attached hydrogen (secondary N) is 1. The van der Waals surface area contributed by atoms with Crippen molar-refractivity contribution >= 4 is 20.8 Å². The summed E-state index contributed by atoms with van der Waals surface area (Å²) in [6, 6.07) is 7.58. The SMILES string of the molecule is CC1=C(c2ccc(C)cc2)S(=O)(=O)NC1=NCCCN1CCCCCC1. The van der Waals surface area contributed by atoms with Gasteiger partial charge in [-0.25, -0.2) is 8.42 Å². The largest absolute Gasteiger partial charge is 0.303 e. The summed E-state index contributed by atoms with van der Waals surface area (Å²) in [7, 11) is -3.53. The Hall–Kier alpha value is -1.66. The molecule has 0 aromatic heterocycles. The highest BCUT2D eigenvalue weighted by Gasteiger charge is 2.32. The molecule has 0 bridgehead atoms. The van der Waals surface area contributed by atoms with Gasteiger partial charge in [-0.15, -0.1) is 0 Å². The van der Waals surface area contributed by atoms with Crippen LogP contribution in [-0.2, 0) is 10.0 Å². The van der Waals surface area contributed by atoms with Gasteiger partial charge in [-0.1, -0.05) is 42.7 Å². The summed E-state index contributed by atoms with van der Waals surface area (Å²) >= 11 is 0. The molecule has 0 aliphatic carbocycles. The van der Waals surface area contributed by atoms with Crippen LogP contribution in [0.15, 0.2) is 34.8 Å². The first-order chi connectivity index (χ1) is 12.5. The van der Waals surface area contributed by atoms with E-state index in [0.29, 0.717) is 22.9 Å². The molecule has 2 aliphatic heterocycles. The second-order valence-corrected chi connectivity index (χ2v) is 8.88. The van der Waals surface area contributed by atoms with Crippen LogP contribution in [0.25, 0.3) is 4.91 Å². The molecule has 0 radical (unpaired) electrons. The molecule has 3 rings (SSSR count). The molecule has 1 saturated heterocycles. The minimum Gasteiger partial charge on any atom is -0.303 e. The van der Waals surface area contributed by atoms with E-state index in [1.165, 1.54) is 38.8 Å². The number of hydrogen-bond acceptors (Lipinski definition) is 4. The van der Waals surface area contributed by atoms with Crippen LogP contribution in [0.4, 0.5) is 0 Å². The number of nitrogens with zero attached hydrogens (tertiary/aromatic N) is 2. The highest BCUT2D eigenvalue weighted by atomic mass is 32.2. The molecule has 2 aliphatic rings. The third-order valence-electron chi connectivity index (χ3n) is 5.11. The van der Waals surface area contributed by atoms with E-state index in [0.717, 1.165) is 24.1 Å². The normalized spacial score (nSPS) is 22.5. The molecule has 1 fully saturated rings. The van der Waals surface area contributed by atoms with Gasteiger partial charge in [0, 0.05) is 12.1 Å². The van der Waals surface area contributed by atoms with Crippen LogP contribution in [0.1, 0.15) is 50.2 Å². The van der Waals surface area contributed by atoms with Crippen molar-refractivity contribution in [2.75, 3.05) is 26.2 Å². The van der Waals surface area contributed by atoms with E-state index in [-0.39, 0.29) is 0 Å². The van der Waals surface area contributed by atoms with Gasteiger partial charge in [-0.05, 0) is 58.3 Å². The summed E-state index contributed by atoms with van der Waals surface area (Å²) in [6.07, 6.45) is 6.21. The summed E-state index contributed by atoms with van der Waals surface area (Å²) in [5.41, 5.74) is 2.54. The number of benzene rings is 1. The van der Waals surface area contributed by atoms with Gasteiger partial charge in [-0.3, -0.25) is 9.71 Å². The van der Waals surface area contributed by atoms with Crippen LogP contribution in [0.5, 0.6) is 0 Å². The number of aryl methyl sites for hydroxylation is 1. The van der Waals surface area contributed by atoms with Gasteiger partial charge >= 0.3 is 0 Å². The fourth-order valence-corrected chi connectivity index (χ4v) is 5.16. The Morgan fingerprint density at radius 2 is 1.69 bits per heavy atom. The van der Waals surface area contributed by atoms with Gasteiger partial charge < -0.3 is 4.90 Å². The van der Waals surface area contributed by atoms with Crippen LogP contribution in [0.2, 0.25) is 0 Å². The first-order valence-electron chi connectivity index (χ1n) is 9.55. The van der Waals surface area contributed by atoms with Crippen molar-refractivity contribution in [1.29, 1.82) is 0 Å². The average molecular weight is 376 g/mol. The molecule has 2 heterocycles. The van der Waals surface area contributed by atoms with Crippen molar-refractivity contribution in [3.8, 4) is 0 Å². The van der Waals surface area contributed by atoms with Gasteiger partial charge in [0.05, 0.1) is 0 Å². The molecule has 0 amide bonds. The summed E-state index contributed by atoms with van der Waals surface area (Å²) in [6.45, 7) is 7.87. The second kappa shape index (κ2) is 8.35. The summed E-state index contributed by atoms with van der Waals surface area (Å²) < 4.78 is 27.7. The highest BCUT2D eigenvalue weighted by molar-refractivity contribution is 8.00. The minimum absolute atomic E-state index is 0.351.